The van der Waals surface area contributed by atoms with Crippen LogP contribution in [-0.4, -0.2) is 16.0 Å². The van der Waals surface area contributed by atoms with E-state index in [1.807, 2.05) is 67.6 Å². The molecule has 0 spiro atoms. The summed E-state index contributed by atoms with van der Waals surface area (Å²) in [5.41, 5.74) is 3.72. The molecule has 2 heterocycles. The van der Waals surface area contributed by atoms with Crippen LogP contribution in [0.2, 0.25) is 0 Å². The average Bonchev–Trinajstić information content (AvgIpc) is 3.42. The van der Waals surface area contributed by atoms with Crippen LogP contribution in [0.15, 0.2) is 105 Å². The number of nitrogens with zero attached hydrogens (tertiary/aromatic N) is 2. The van der Waals surface area contributed by atoms with Crippen LogP contribution >= 0.6 is 11.8 Å². The summed E-state index contributed by atoms with van der Waals surface area (Å²) in [5, 5.41) is 0.620. The zero-order valence-electron chi connectivity index (χ0n) is 18.4. The van der Waals surface area contributed by atoms with Crippen molar-refractivity contribution >= 4 is 34.6 Å². The molecule has 1 fully saturated rings. The Balaban J connectivity index is 1.46. The highest BCUT2D eigenvalue weighted by atomic mass is 32.2. The number of hydrogen-bond acceptors (Lipinski definition) is 4. The lowest BCUT2D eigenvalue weighted by Gasteiger charge is -2.15. The molecule has 6 heteroatoms. The first-order valence-electron chi connectivity index (χ1n) is 10.8. The third-order valence-corrected chi connectivity index (χ3v) is 6.37. The Morgan fingerprint density at radius 1 is 0.941 bits per heavy atom. The molecule has 4 aromatic rings. The van der Waals surface area contributed by atoms with Crippen molar-refractivity contribution in [2.75, 3.05) is 0 Å². The van der Waals surface area contributed by atoms with Crippen molar-refractivity contribution in [3.63, 3.8) is 0 Å². The van der Waals surface area contributed by atoms with Crippen LogP contribution in [0.5, 0.6) is 0 Å². The van der Waals surface area contributed by atoms with Gasteiger partial charge in [-0.2, -0.15) is 0 Å². The number of thioether (sulfide) groups is 1. The van der Waals surface area contributed by atoms with Crippen LogP contribution in [0.4, 0.5) is 10.1 Å². The Kier molecular flexibility index (Phi) is 6.14. The molecular formula is C28H21FN2O2S. The first kappa shape index (κ1) is 21.9. The average molecular weight is 469 g/mol. The van der Waals surface area contributed by atoms with Crippen LogP contribution in [0.3, 0.4) is 0 Å². The summed E-state index contributed by atoms with van der Waals surface area (Å²) in [6.45, 7) is 2.45. The Labute approximate surface area is 201 Å². The fraction of sp³-hybridized carbons (Fsp3) is 0.0714. The minimum absolute atomic E-state index is 0.126. The summed E-state index contributed by atoms with van der Waals surface area (Å²) in [5.74, 6) is 0.729. The topological polar surface area (TPSA) is 45.8 Å². The number of aryl methyl sites for hydroxylation is 1. The van der Waals surface area contributed by atoms with Gasteiger partial charge in [0.15, 0.2) is 5.17 Å². The van der Waals surface area contributed by atoms with E-state index in [1.165, 1.54) is 23.9 Å². The predicted octanol–water partition coefficient (Wildman–Crippen LogP) is 7.20. The molecule has 1 aliphatic rings. The van der Waals surface area contributed by atoms with Gasteiger partial charge in [-0.1, -0.05) is 48.0 Å². The van der Waals surface area contributed by atoms with E-state index in [-0.39, 0.29) is 11.7 Å². The second kappa shape index (κ2) is 9.53. The van der Waals surface area contributed by atoms with Gasteiger partial charge in [0.2, 0.25) is 0 Å². The molecule has 168 valence electrons. The van der Waals surface area contributed by atoms with Crippen molar-refractivity contribution in [2.45, 2.75) is 13.5 Å². The molecule has 1 amide bonds. The molecule has 0 radical (unpaired) electrons. The predicted molar refractivity (Wildman–Crippen MR) is 135 cm³/mol. The van der Waals surface area contributed by atoms with E-state index in [0.717, 1.165) is 22.4 Å². The van der Waals surface area contributed by atoms with E-state index in [2.05, 4.69) is 0 Å². The quantitative estimate of drug-likeness (QED) is 0.291. The zero-order chi connectivity index (χ0) is 23.5. The molecule has 0 bridgehead atoms. The lowest BCUT2D eigenvalue weighted by molar-refractivity contribution is -0.122. The number of furan rings is 1. The molecule has 1 aromatic heterocycles. The number of rotatable bonds is 5. The first-order chi connectivity index (χ1) is 16.5. The van der Waals surface area contributed by atoms with E-state index >= 15 is 0 Å². The number of carbonyl (C=O) groups is 1. The fourth-order valence-corrected chi connectivity index (χ4v) is 4.53. The maximum absolute atomic E-state index is 13.4. The van der Waals surface area contributed by atoms with E-state index in [9.17, 15) is 9.18 Å². The molecule has 4 nitrogen and oxygen atoms in total. The Bertz CT molecular complexity index is 1370. The van der Waals surface area contributed by atoms with Gasteiger partial charge in [-0.3, -0.25) is 9.69 Å². The second-order valence-corrected chi connectivity index (χ2v) is 8.94. The number of amidine groups is 1. The fourth-order valence-electron chi connectivity index (χ4n) is 3.56. The molecule has 5 rings (SSSR count). The van der Waals surface area contributed by atoms with Gasteiger partial charge in [-0.15, -0.1) is 0 Å². The maximum atomic E-state index is 13.4. The molecular weight excluding hydrogens is 447 g/mol. The number of carbonyl (C=O) groups excluding carboxylic acids is 1. The van der Waals surface area contributed by atoms with Gasteiger partial charge < -0.3 is 4.42 Å². The Morgan fingerprint density at radius 2 is 1.68 bits per heavy atom. The van der Waals surface area contributed by atoms with Gasteiger partial charge in [0.05, 0.1) is 17.1 Å². The Morgan fingerprint density at radius 3 is 2.41 bits per heavy atom. The van der Waals surface area contributed by atoms with E-state index in [4.69, 9.17) is 9.41 Å². The molecule has 1 saturated heterocycles. The molecule has 0 aliphatic carbocycles. The molecule has 0 N–H and O–H groups in total. The minimum atomic E-state index is -0.301. The van der Waals surface area contributed by atoms with Crippen molar-refractivity contribution < 1.29 is 13.6 Å². The highest BCUT2D eigenvalue weighted by Gasteiger charge is 2.33. The molecule has 1 aliphatic heterocycles. The molecule has 0 unspecified atom stereocenters. The smallest absolute Gasteiger partial charge is 0.267 e. The van der Waals surface area contributed by atoms with Crippen molar-refractivity contribution in [2.24, 2.45) is 4.99 Å². The summed E-state index contributed by atoms with van der Waals surface area (Å²) < 4.78 is 19.1. The summed E-state index contributed by atoms with van der Waals surface area (Å²) in [6.07, 6.45) is 1.73. The van der Waals surface area contributed by atoms with Crippen molar-refractivity contribution in [3.05, 3.63) is 119 Å². The highest BCUT2D eigenvalue weighted by molar-refractivity contribution is 8.18. The van der Waals surface area contributed by atoms with E-state index in [1.54, 1.807) is 29.2 Å². The van der Waals surface area contributed by atoms with Gasteiger partial charge >= 0.3 is 0 Å². The van der Waals surface area contributed by atoms with Crippen LogP contribution in [0, 0.1) is 12.7 Å². The van der Waals surface area contributed by atoms with Crippen molar-refractivity contribution in [1.29, 1.82) is 0 Å². The number of amides is 1. The zero-order valence-corrected chi connectivity index (χ0v) is 19.3. The van der Waals surface area contributed by atoms with E-state index in [0.29, 0.717) is 28.1 Å². The largest absolute Gasteiger partial charge is 0.457 e. The summed E-state index contributed by atoms with van der Waals surface area (Å²) in [4.78, 5) is 20.3. The van der Waals surface area contributed by atoms with Crippen molar-refractivity contribution in [3.8, 4) is 11.3 Å². The number of halogens is 1. The number of aliphatic imine (C=N–C) groups is 1. The lowest BCUT2D eigenvalue weighted by Crippen LogP contribution is -2.28. The molecule has 3 aromatic carbocycles. The first-order valence-corrected chi connectivity index (χ1v) is 11.6. The van der Waals surface area contributed by atoms with Crippen LogP contribution < -0.4 is 0 Å². The SMILES string of the molecule is Cc1ccc(N=C2S/C(=C/c3ccc(-c4ccc(F)cc4)o3)C(=O)N2Cc2ccccc2)cc1. The standard InChI is InChI=1S/C28H21FN2O2S/c1-19-7-13-23(14-8-19)30-28-31(18-20-5-3-2-4-6-20)27(32)26(34-28)17-24-15-16-25(33-24)21-9-11-22(29)12-10-21/h2-17H,18H2,1H3/b26-17+,30-28?. The Hall–Kier alpha value is -3.90. The molecule has 34 heavy (non-hydrogen) atoms. The molecule has 0 saturated carbocycles. The number of benzene rings is 3. The summed E-state index contributed by atoms with van der Waals surface area (Å²) >= 11 is 1.32. The maximum Gasteiger partial charge on any atom is 0.267 e. The third kappa shape index (κ3) is 4.87. The van der Waals surface area contributed by atoms with Crippen LogP contribution in [-0.2, 0) is 11.3 Å². The third-order valence-electron chi connectivity index (χ3n) is 5.36. The molecule has 0 atom stereocenters. The highest BCUT2D eigenvalue weighted by Crippen LogP contribution is 2.36. The summed E-state index contributed by atoms with van der Waals surface area (Å²) in [7, 11) is 0. The normalized spacial score (nSPS) is 16.1. The van der Waals surface area contributed by atoms with E-state index < -0.39 is 0 Å². The van der Waals surface area contributed by atoms with Gasteiger partial charge in [0.1, 0.15) is 17.3 Å². The van der Waals surface area contributed by atoms with Crippen molar-refractivity contribution in [1.82, 2.24) is 4.90 Å². The van der Waals surface area contributed by atoms with Crippen LogP contribution in [0.25, 0.3) is 17.4 Å². The van der Waals surface area contributed by atoms with Gasteiger partial charge in [0, 0.05) is 11.6 Å². The van der Waals surface area contributed by atoms with Crippen LogP contribution in [0.1, 0.15) is 16.9 Å². The van der Waals surface area contributed by atoms with Gasteiger partial charge in [-0.05, 0) is 72.8 Å². The van der Waals surface area contributed by atoms with Gasteiger partial charge in [-0.25, -0.2) is 9.38 Å². The lowest BCUT2D eigenvalue weighted by atomic mass is 10.2. The monoisotopic (exact) mass is 468 g/mol. The number of hydrogen-bond donors (Lipinski definition) is 0. The minimum Gasteiger partial charge on any atom is -0.457 e. The van der Waals surface area contributed by atoms with Gasteiger partial charge in [0.25, 0.3) is 5.91 Å². The summed E-state index contributed by atoms with van der Waals surface area (Å²) in [6, 6.07) is 27.4. The second-order valence-electron chi connectivity index (χ2n) is 7.93.